The van der Waals surface area contributed by atoms with Crippen LogP contribution in [0.5, 0.6) is 0 Å². The Kier molecular flexibility index (Phi) is 5.62. The van der Waals surface area contributed by atoms with Crippen molar-refractivity contribution in [3.63, 3.8) is 0 Å². The monoisotopic (exact) mass is 274 g/mol. The summed E-state index contributed by atoms with van der Waals surface area (Å²) in [5, 5.41) is 3.63. The van der Waals surface area contributed by atoms with Crippen LogP contribution >= 0.6 is 0 Å². The average molecular weight is 274 g/mol. The molecule has 1 atom stereocenters. The van der Waals surface area contributed by atoms with Crippen molar-refractivity contribution in [3.05, 3.63) is 35.9 Å². The largest absolute Gasteiger partial charge is 0.310 e. The number of likely N-dealkylation sites (tertiary alicyclic amines) is 1. The van der Waals surface area contributed by atoms with Crippen LogP contribution in [0.1, 0.15) is 51.6 Å². The first kappa shape index (κ1) is 15.5. The van der Waals surface area contributed by atoms with Gasteiger partial charge in [0.05, 0.1) is 0 Å². The Morgan fingerprint density at radius 2 is 1.80 bits per heavy atom. The molecule has 20 heavy (non-hydrogen) atoms. The number of nitrogens with zero attached hydrogens (tertiary/aromatic N) is 1. The van der Waals surface area contributed by atoms with E-state index in [0.29, 0.717) is 11.5 Å². The first-order valence-electron chi connectivity index (χ1n) is 8.11. The fourth-order valence-electron chi connectivity index (χ4n) is 3.01. The third-order valence-corrected chi connectivity index (χ3v) is 4.60. The highest BCUT2D eigenvalue weighted by Crippen LogP contribution is 2.30. The zero-order chi connectivity index (χ0) is 14.4. The molecular weight excluding hydrogens is 244 g/mol. The molecule has 0 aliphatic carbocycles. The summed E-state index contributed by atoms with van der Waals surface area (Å²) in [7, 11) is 0. The van der Waals surface area contributed by atoms with E-state index in [2.05, 4.69) is 61.3 Å². The number of rotatable bonds is 6. The van der Waals surface area contributed by atoms with E-state index in [0.717, 1.165) is 6.54 Å². The molecule has 0 saturated carbocycles. The molecule has 1 saturated heterocycles. The van der Waals surface area contributed by atoms with Gasteiger partial charge in [-0.2, -0.15) is 0 Å². The standard InChI is InChI=1S/C18H30N2/c1-4-19-17(16-8-6-5-7-9-16)10-13-20-14-11-18(2,3)12-15-20/h5-9,17,19H,4,10-15H2,1-3H3. The van der Waals surface area contributed by atoms with Gasteiger partial charge in [-0.3, -0.25) is 0 Å². The Balaban J connectivity index is 1.84. The molecular formula is C18H30N2. The number of piperidine rings is 1. The molecule has 1 heterocycles. The zero-order valence-corrected chi connectivity index (χ0v) is 13.4. The van der Waals surface area contributed by atoms with Gasteiger partial charge in [0.25, 0.3) is 0 Å². The van der Waals surface area contributed by atoms with Gasteiger partial charge in [-0.25, -0.2) is 0 Å². The van der Waals surface area contributed by atoms with Crippen molar-refractivity contribution >= 4 is 0 Å². The molecule has 0 amide bonds. The van der Waals surface area contributed by atoms with Crippen molar-refractivity contribution in [2.75, 3.05) is 26.2 Å². The number of hydrogen-bond donors (Lipinski definition) is 1. The van der Waals surface area contributed by atoms with Crippen LogP contribution in [0.3, 0.4) is 0 Å². The first-order chi connectivity index (χ1) is 9.61. The molecule has 1 aromatic rings. The first-order valence-corrected chi connectivity index (χ1v) is 8.11. The maximum atomic E-state index is 3.63. The Morgan fingerprint density at radius 3 is 2.40 bits per heavy atom. The molecule has 1 fully saturated rings. The molecule has 0 aromatic heterocycles. The lowest BCUT2D eigenvalue weighted by molar-refractivity contribution is 0.128. The number of nitrogens with one attached hydrogen (secondary N) is 1. The lowest BCUT2D eigenvalue weighted by Crippen LogP contribution is -2.39. The molecule has 1 unspecified atom stereocenters. The van der Waals surface area contributed by atoms with Crippen LogP contribution in [0.15, 0.2) is 30.3 Å². The molecule has 0 bridgehead atoms. The molecule has 2 rings (SSSR count). The molecule has 2 heteroatoms. The summed E-state index contributed by atoms with van der Waals surface area (Å²) in [4.78, 5) is 2.64. The van der Waals surface area contributed by atoms with Crippen LogP contribution in [0.25, 0.3) is 0 Å². The van der Waals surface area contributed by atoms with Gasteiger partial charge in [0, 0.05) is 6.04 Å². The maximum Gasteiger partial charge on any atom is 0.0332 e. The SMILES string of the molecule is CCNC(CCN1CCC(C)(C)CC1)c1ccccc1. The Hall–Kier alpha value is -0.860. The van der Waals surface area contributed by atoms with E-state index in [1.165, 1.54) is 44.5 Å². The van der Waals surface area contributed by atoms with Crippen LogP contribution in [-0.4, -0.2) is 31.1 Å². The van der Waals surface area contributed by atoms with Gasteiger partial charge in [0.15, 0.2) is 0 Å². The van der Waals surface area contributed by atoms with Gasteiger partial charge >= 0.3 is 0 Å². The van der Waals surface area contributed by atoms with Crippen molar-refractivity contribution in [2.24, 2.45) is 5.41 Å². The topological polar surface area (TPSA) is 15.3 Å². The summed E-state index contributed by atoms with van der Waals surface area (Å²) in [5.41, 5.74) is 1.98. The van der Waals surface area contributed by atoms with E-state index in [-0.39, 0.29) is 0 Å². The predicted molar refractivity (Wildman–Crippen MR) is 86.9 cm³/mol. The van der Waals surface area contributed by atoms with E-state index in [1.807, 2.05) is 0 Å². The molecule has 112 valence electrons. The highest BCUT2D eigenvalue weighted by molar-refractivity contribution is 5.18. The van der Waals surface area contributed by atoms with Crippen molar-refractivity contribution in [3.8, 4) is 0 Å². The molecule has 1 aliphatic rings. The van der Waals surface area contributed by atoms with Crippen LogP contribution in [0.4, 0.5) is 0 Å². The summed E-state index contributed by atoms with van der Waals surface area (Å²) < 4.78 is 0. The predicted octanol–water partition coefficient (Wildman–Crippen LogP) is 3.85. The lowest BCUT2D eigenvalue weighted by Gasteiger charge is -2.37. The summed E-state index contributed by atoms with van der Waals surface area (Å²) in [6.07, 6.45) is 3.88. The number of hydrogen-bond acceptors (Lipinski definition) is 2. The highest BCUT2D eigenvalue weighted by Gasteiger charge is 2.25. The van der Waals surface area contributed by atoms with Crippen molar-refractivity contribution in [1.29, 1.82) is 0 Å². The fourth-order valence-corrected chi connectivity index (χ4v) is 3.01. The second kappa shape index (κ2) is 7.24. The summed E-state index contributed by atoms with van der Waals surface area (Å²) in [5.74, 6) is 0. The van der Waals surface area contributed by atoms with Crippen LogP contribution in [0, 0.1) is 5.41 Å². The third kappa shape index (κ3) is 4.60. The van der Waals surface area contributed by atoms with E-state index >= 15 is 0 Å². The second-order valence-corrected chi connectivity index (χ2v) is 6.82. The van der Waals surface area contributed by atoms with E-state index in [1.54, 1.807) is 0 Å². The average Bonchev–Trinajstić information content (AvgIpc) is 2.45. The van der Waals surface area contributed by atoms with Crippen LogP contribution < -0.4 is 5.32 Å². The highest BCUT2D eigenvalue weighted by atomic mass is 15.1. The van der Waals surface area contributed by atoms with E-state index in [9.17, 15) is 0 Å². The Bertz CT molecular complexity index is 376. The fraction of sp³-hybridized carbons (Fsp3) is 0.667. The molecule has 1 N–H and O–H groups in total. The van der Waals surface area contributed by atoms with Crippen LogP contribution in [-0.2, 0) is 0 Å². The Labute approximate surface area is 124 Å². The Morgan fingerprint density at radius 1 is 1.15 bits per heavy atom. The van der Waals surface area contributed by atoms with Gasteiger partial charge in [0.1, 0.15) is 0 Å². The summed E-state index contributed by atoms with van der Waals surface area (Å²) in [6.45, 7) is 11.8. The summed E-state index contributed by atoms with van der Waals surface area (Å²) >= 11 is 0. The smallest absolute Gasteiger partial charge is 0.0332 e. The van der Waals surface area contributed by atoms with Gasteiger partial charge in [-0.1, -0.05) is 51.1 Å². The van der Waals surface area contributed by atoms with Crippen LogP contribution in [0.2, 0.25) is 0 Å². The van der Waals surface area contributed by atoms with E-state index in [4.69, 9.17) is 0 Å². The van der Waals surface area contributed by atoms with Crippen molar-refractivity contribution < 1.29 is 0 Å². The minimum atomic E-state index is 0.496. The van der Waals surface area contributed by atoms with Crippen molar-refractivity contribution in [1.82, 2.24) is 10.2 Å². The van der Waals surface area contributed by atoms with Gasteiger partial charge < -0.3 is 10.2 Å². The summed E-state index contributed by atoms with van der Waals surface area (Å²) in [6, 6.07) is 11.4. The molecule has 0 spiro atoms. The molecule has 1 aliphatic heterocycles. The lowest BCUT2D eigenvalue weighted by atomic mass is 9.82. The minimum absolute atomic E-state index is 0.496. The second-order valence-electron chi connectivity index (χ2n) is 6.82. The third-order valence-electron chi connectivity index (χ3n) is 4.60. The van der Waals surface area contributed by atoms with Gasteiger partial charge in [-0.15, -0.1) is 0 Å². The van der Waals surface area contributed by atoms with Gasteiger partial charge in [-0.05, 0) is 56.4 Å². The zero-order valence-electron chi connectivity index (χ0n) is 13.4. The minimum Gasteiger partial charge on any atom is -0.310 e. The molecule has 0 radical (unpaired) electrons. The van der Waals surface area contributed by atoms with Crippen molar-refractivity contribution in [2.45, 2.75) is 46.1 Å². The normalized spacial score (nSPS) is 20.8. The van der Waals surface area contributed by atoms with E-state index < -0.39 is 0 Å². The van der Waals surface area contributed by atoms with Gasteiger partial charge in [0.2, 0.25) is 0 Å². The maximum absolute atomic E-state index is 3.63. The number of benzene rings is 1. The quantitative estimate of drug-likeness (QED) is 0.847. The molecule has 2 nitrogen and oxygen atoms in total. The molecule has 1 aromatic carbocycles.